The molecule has 4 rings (SSSR count). The Hall–Kier alpha value is -0.770. The average molecular weight is 252 g/mol. The number of carbonyl (C=O) groups is 1. The first-order valence-corrected chi connectivity index (χ1v) is 7.16. The van der Waals surface area contributed by atoms with Crippen LogP contribution in [0.1, 0.15) is 33.6 Å². The van der Waals surface area contributed by atoms with Gasteiger partial charge in [0.2, 0.25) is 0 Å². The summed E-state index contributed by atoms with van der Waals surface area (Å²) in [6.45, 7) is 8.94. The molecule has 0 aromatic carbocycles. The maximum atomic E-state index is 12.3. The van der Waals surface area contributed by atoms with Gasteiger partial charge < -0.3 is 15.0 Å². The molecule has 3 aliphatic heterocycles. The van der Waals surface area contributed by atoms with E-state index < -0.39 is 0 Å². The molecule has 4 fully saturated rings. The molecule has 4 atom stereocenters. The normalized spacial score (nSPS) is 38.7. The summed E-state index contributed by atoms with van der Waals surface area (Å²) >= 11 is 0. The molecular weight excluding hydrogens is 228 g/mol. The molecule has 1 aliphatic carbocycles. The Morgan fingerprint density at radius 1 is 1.22 bits per heavy atom. The van der Waals surface area contributed by atoms with E-state index in [0.29, 0.717) is 17.9 Å². The monoisotopic (exact) mass is 252 g/mol. The van der Waals surface area contributed by atoms with Crippen LogP contribution in [0.5, 0.6) is 0 Å². The second kappa shape index (κ2) is 4.12. The number of hydrogen-bond acceptors (Lipinski definition) is 3. The summed E-state index contributed by atoms with van der Waals surface area (Å²) in [5, 5.41) is 3.49. The van der Waals surface area contributed by atoms with Crippen molar-refractivity contribution in [3.05, 3.63) is 0 Å². The van der Waals surface area contributed by atoms with Gasteiger partial charge in [0.1, 0.15) is 5.60 Å². The average Bonchev–Trinajstić information content (AvgIpc) is 2.77. The van der Waals surface area contributed by atoms with Crippen molar-refractivity contribution in [3.8, 4) is 0 Å². The zero-order valence-electron chi connectivity index (χ0n) is 11.6. The summed E-state index contributed by atoms with van der Waals surface area (Å²) in [6, 6.07) is 0.407. The molecule has 0 radical (unpaired) electrons. The molecule has 4 heteroatoms. The summed E-state index contributed by atoms with van der Waals surface area (Å²) in [7, 11) is 0. The van der Waals surface area contributed by atoms with E-state index in [1.807, 2.05) is 25.7 Å². The smallest absolute Gasteiger partial charge is 0.410 e. The highest BCUT2D eigenvalue weighted by Gasteiger charge is 2.51. The minimum absolute atomic E-state index is 0.109. The topological polar surface area (TPSA) is 41.6 Å². The van der Waals surface area contributed by atoms with Crippen molar-refractivity contribution >= 4 is 6.09 Å². The molecule has 18 heavy (non-hydrogen) atoms. The first-order valence-electron chi connectivity index (χ1n) is 7.16. The van der Waals surface area contributed by atoms with E-state index in [9.17, 15) is 4.79 Å². The molecule has 4 nitrogen and oxygen atoms in total. The fraction of sp³-hybridized carbons (Fsp3) is 0.929. The van der Waals surface area contributed by atoms with Crippen molar-refractivity contribution in [2.75, 3.05) is 19.6 Å². The second-order valence-corrected chi connectivity index (χ2v) is 7.02. The minimum atomic E-state index is -0.388. The van der Waals surface area contributed by atoms with Gasteiger partial charge in [0.15, 0.2) is 0 Å². The van der Waals surface area contributed by atoms with Crippen LogP contribution >= 0.6 is 0 Å². The van der Waals surface area contributed by atoms with Crippen LogP contribution in [0.25, 0.3) is 0 Å². The van der Waals surface area contributed by atoms with Crippen molar-refractivity contribution < 1.29 is 9.53 Å². The van der Waals surface area contributed by atoms with Gasteiger partial charge in [-0.15, -0.1) is 0 Å². The number of carbonyl (C=O) groups excluding carboxylic acids is 1. The lowest BCUT2D eigenvalue weighted by Crippen LogP contribution is -2.59. The van der Waals surface area contributed by atoms with Gasteiger partial charge in [-0.3, -0.25) is 0 Å². The lowest BCUT2D eigenvalue weighted by atomic mass is 9.67. The van der Waals surface area contributed by atoms with Crippen molar-refractivity contribution in [1.29, 1.82) is 0 Å². The highest BCUT2D eigenvalue weighted by atomic mass is 16.6. The zero-order chi connectivity index (χ0) is 12.9. The van der Waals surface area contributed by atoms with Gasteiger partial charge in [-0.2, -0.15) is 0 Å². The van der Waals surface area contributed by atoms with E-state index in [2.05, 4.69) is 5.32 Å². The quantitative estimate of drug-likeness (QED) is 0.715. The molecule has 0 aromatic heterocycles. The number of rotatable bonds is 0. The van der Waals surface area contributed by atoms with Crippen molar-refractivity contribution in [1.82, 2.24) is 10.2 Å². The van der Waals surface area contributed by atoms with Gasteiger partial charge in [-0.1, -0.05) is 0 Å². The van der Waals surface area contributed by atoms with E-state index >= 15 is 0 Å². The fourth-order valence-electron chi connectivity index (χ4n) is 4.00. The molecule has 0 aromatic rings. The largest absolute Gasteiger partial charge is 0.444 e. The predicted octanol–water partition coefficient (Wildman–Crippen LogP) is 1.85. The van der Waals surface area contributed by atoms with Gasteiger partial charge >= 0.3 is 6.09 Å². The first-order chi connectivity index (χ1) is 8.46. The van der Waals surface area contributed by atoms with Crippen LogP contribution in [-0.4, -0.2) is 42.3 Å². The number of nitrogens with zero attached hydrogens (tertiary/aromatic N) is 1. The zero-order valence-corrected chi connectivity index (χ0v) is 11.6. The highest BCUT2D eigenvalue weighted by Crippen LogP contribution is 2.45. The Balaban J connectivity index is 1.73. The summed E-state index contributed by atoms with van der Waals surface area (Å²) in [5.41, 5.74) is -0.388. The molecule has 4 aliphatic rings. The van der Waals surface area contributed by atoms with Gasteiger partial charge in [0, 0.05) is 19.1 Å². The van der Waals surface area contributed by atoms with Crippen LogP contribution in [0.15, 0.2) is 0 Å². The fourth-order valence-corrected chi connectivity index (χ4v) is 4.00. The SMILES string of the molecule is CC(C)(C)OC(=O)N1C[C@H]2CC[C@H]1[C@H]1CNC[C@@H]21. The molecule has 1 saturated carbocycles. The van der Waals surface area contributed by atoms with Gasteiger partial charge in [-0.05, 0) is 57.9 Å². The van der Waals surface area contributed by atoms with Gasteiger partial charge in [0.25, 0.3) is 0 Å². The van der Waals surface area contributed by atoms with E-state index in [4.69, 9.17) is 4.74 Å². The number of nitrogens with one attached hydrogen (secondary N) is 1. The number of piperidine rings is 2. The van der Waals surface area contributed by atoms with Crippen LogP contribution < -0.4 is 5.32 Å². The number of hydrogen-bond donors (Lipinski definition) is 1. The molecule has 0 unspecified atom stereocenters. The Bertz CT molecular complexity index is 350. The Morgan fingerprint density at radius 2 is 1.94 bits per heavy atom. The molecule has 3 saturated heterocycles. The Morgan fingerprint density at radius 3 is 2.67 bits per heavy atom. The maximum Gasteiger partial charge on any atom is 0.410 e. The van der Waals surface area contributed by atoms with Crippen LogP contribution in [0, 0.1) is 17.8 Å². The summed E-state index contributed by atoms with van der Waals surface area (Å²) in [6.07, 6.45) is 2.34. The third-order valence-electron chi connectivity index (χ3n) is 4.70. The van der Waals surface area contributed by atoms with Crippen molar-refractivity contribution in [3.63, 3.8) is 0 Å². The number of amides is 1. The summed E-state index contributed by atoms with van der Waals surface area (Å²) in [5.74, 6) is 2.13. The standard InChI is InChI=1S/C14H24N2O2/c1-14(2,3)18-13(17)16-8-9-4-5-12(16)11-7-15-6-10(9)11/h9-12,15H,4-8H2,1-3H3/t9-,10+,11+,12+/m1/s1. The second-order valence-electron chi connectivity index (χ2n) is 7.02. The molecular formula is C14H24N2O2. The van der Waals surface area contributed by atoms with Crippen LogP contribution in [-0.2, 0) is 4.74 Å². The highest BCUT2D eigenvalue weighted by molar-refractivity contribution is 5.69. The Kier molecular flexibility index (Phi) is 2.81. The molecule has 0 spiro atoms. The van der Waals surface area contributed by atoms with Crippen LogP contribution in [0.4, 0.5) is 4.79 Å². The van der Waals surface area contributed by atoms with Crippen LogP contribution in [0.2, 0.25) is 0 Å². The third-order valence-corrected chi connectivity index (χ3v) is 4.70. The maximum absolute atomic E-state index is 12.3. The summed E-state index contributed by atoms with van der Waals surface area (Å²) < 4.78 is 5.54. The van der Waals surface area contributed by atoms with Gasteiger partial charge in [0.05, 0.1) is 0 Å². The molecule has 2 bridgehead atoms. The van der Waals surface area contributed by atoms with E-state index in [0.717, 1.165) is 32.0 Å². The van der Waals surface area contributed by atoms with E-state index in [1.165, 1.54) is 6.42 Å². The van der Waals surface area contributed by atoms with Gasteiger partial charge in [-0.25, -0.2) is 4.79 Å². The molecule has 3 heterocycles. The molecule has 102 valence electrons. The third kappa shape index (κ3) is 2.00. The van der Waals surface area contributed by atoms with E-state index in [-0.39, 0.29) is 11.7 Å². The predicted molar refractivity (Wildman–Crippen MR) is 69.3 cm³/mol. The van der Waals surface area contributed by atoms with Crippen molar-refractivity contribution in [2.24, 2.45) is 17.8 Å². The van der Waals surface area contributed by atoms with Crippen LogP contribution in [0.3, 0.4) is 0 Å². The lowest BCUT2D eigenvalue weighted by molar-refractivity contribution is -0.0455. The van der Waals surface area contributed by atoms with Crippen molar-refractivity contribution in [2.45, 2.75) is 45.3 Å². The van der Waals surface area contributed by atoms with E-state index in [1.54, 1.807) is 0 Å². The number of fused-ring (bicyclic) bond motifs is 2. The lowest BCUT2D eigenvalue weighted by Gasteiger charge is -2.51. The molecule has 1 N–H and O–H groups in total. The first kappa shape index (κ1) is 12.3. The Labute approximate surface area is 109 Å². The minimum Gasteiger partial charge on any atom is -0.444 e. The number of ether oxygens (including phenoxy) is 1. The molecule has 1 amide bonds. The summed E-state index contributed by atoms with van der Waals surface area (Å²) in [4.78, 5) is 14.3.